The van der Waals surface area contributed by atoms with Crippen LogP contribution in [0, 0.1) is 19.8 Å². The molecule has 2 atom stereocenters. The first-order valence-corrected chi connectivity index (χ1v) is 8.41. The average Bonchev–Trinajstić information content (AvgIpc) is 3.17. The van der Waals surface area contributed by atoms with Crippen LogP contribution < -0.4 is 0 Å². The third-order valence-corrected chi connectivity index (χ3v) is 4.89. The molecule has 0 bridgehead atoms. The molecule has 1 saturated heterocycles. The highest BCUT2D eigenvalue weighted by atomic mass is 16.4. The van der Waals surface area contributed by atoms with Crippen LogP contribution in [-0.4, -0.2) is 49.7 Å². The molecule has 1 amide bonds. The maximum atomic E-state index is 13.0. The van der Waals surface area contributed by atoms with Gasteiger partial charge in [-0.3, -0.25) is 19.3 Å². The molecule has 25 heavy (non-hydrogen) atoms. The van der Waals surface area contributed by atoms with Gasteiger partial charge in [-0.25, -0.2) is 0 Å². The Bertz CT molecular complexity index is 800. The summed E-state index contributed by atoms with van der Waals surface area (Å²) in [6.45, 7) is 6.88. The molecule has 0 radical (unpaired) electrons. The summed E-state index contributed by atoms with van der Waals surface area (Å²) in [5.41, 5.74) is 2.78. The molecule has 1 N–H and O–H groups in total. The molecule has 132 valence electrons. The molecule has 0 spiro atoms. The molecule has 3 rings (SSSR count). The number of carbonyl (C=O) groups excluding carboxylic acids is 1. The van der Waals surface area contributed by atoms with E-state index in [1.54, 1.807) is 21.8 Å². The number of aliphatic carboxylic acids is 1. The Hall–Kier alpha value is -2.70. The Morgan fingerprint density at radius 3 is 2.60 bits per heavy atom. The zero-order chi connectivity index (χ0) is 18.1. The van der Waals surface area contributed by atoms with E-state index in [1.807, 2.05) is 32.9 Å². The molecule has 2 unspecified atom stereocenters. The number of amides is 1. The van der Waals surface area contributed by atoms with Gasteiger partial charge in [-0.15, -0.1) is 0 Å². The fraction of sp³-hybridized carbons (Fsp3) is 0.444. The topological polar surface area (TPSA) is 88.3 Å². The van der Waals surface area contributed by atoms with Gasteiger partial charge in [0.05, 0.1) is 17.2 Å². The zero-order valence-electron chi connectivity index (χ0n) is 14.6. The first-order valence-electron chi connectivity index (χ1n) is 8.41. The van der Waals surface area contributed by atoms with Crippen LogP contribution in [0.15, 0.2) is 24.4 Å². The van der Waals surface area contributed by atoms with Crippen molar-refractivity contribution in [3.05, 3.63) is 47.0 Å². The van der Waals surface area contributed by atoms with Gasteiger partial charge in [-0.1, -0.05) is 6.07 Å². The van der Waals surface area contributed by atoms with Gasteiger partial charge in [0.25, 0.3) is 5.91 Å². The molecule has 2 aromatic heterocycles. The van der Waals surface area contributed by atoms with E-state index < -0.39 is 11.9 Å². The fourth-order valence-corrected chi connectivity index (χ4v) is 3.59. The summed E-state index contributed by atoms with van der Waals surface area (Å²) in [4.78, 5) is 30.6. The van der Waals surface area contributed by atoms with E-state index in [0.29, 0.717) is 30.0 Å². The molecular formula is C18H22N4O3. The minimum Gasteiger partial charge on any atom is -0.481 e. The largest absolute Gasteiger partial charge is 0.481 e. The number of carboxylic acids is 1. The van der Waals surface area contributed by atoms with E-state index in [2.05, 4.69) is 10.1 Å². The number of nitrogens with zero attached hydrogens (tertiary/aromatic N) is 4. The zero-order valence-corrected chi connectivity index (χ0v) is 14.6. The fourth-order valence-electron chi connectivity index (χ4n) is 3.59. The normalized spacial score (nSPS) is 20.0. The molecule has 7 heteroatoms. The van der Waals surface area contributed by atoms with Crippen molar-refractivity contribution in [2.24, 2.45) is 5.92 Å². The van der Waals surface area contributed by atoms with E-state index in [0.717, 1.165) is 5.69 Å². The smallest absolute Gasteiger partial charge is 0.309 e. The molecule has 3 heterocycles. The number of aryl methyl sites for hydroxylation is 2. The SMILES string of the molecule is CCn1nc(C)c(C(=O)N2CC(C(=O)O)C(c3ccccn3)C2)c1C. The number of aromatic nitrogens is 3. The van der Waals surface area contributed by atoms with E-state index in [1.165, 1.54) is 0 Å². The van der Waals surface area contributed by atoms with Crippen LogP contribution >= 0.6 is 0 Å². The van der Waals surface area contributed by atoms with E-state index in [4.69, 9.17) is 0 Å². The standard InChI is InChI=1S/C18H22N4O3/c1-4-22-12(3)16(11(2)20-22)17(23)21-9-13(14(10-21)18(24)25)15-7-5-6-8-19-15/h5-8,13-14H,4,9-10H2,1-3H3,(H,24,25). The first kappa shape index (κ1) is 17.1. The number of hydrogen-bond acceptors (Lipinski definition) is 4. The summed E-state index contributed by atoms with van der Waals surface area (Å²) in [6.07, 6.45) is 1.65. The summed E-state index contributed by atoms with van der Waals surface area (Å²) >= 11 is 0. The lowest BCUT2D eigenvalue weighted by Crippen LogP contribution is -2.30. The molecule has 1 fully saturated rings. The molecule has 2 aromatic rings. The van der Waals surface area contributed by atoms with Crippen LogP contribution in [0.4, 0.5) is 0 Å². The Morgan fingerprint density at radius 1 is 1.28 bits per heavy atom. The number of carbonyl (C=O) groups is 2. The third kappa shape index (κ3) is 3.01. The predicted molar refractivity (Wildman–Crippen MR) is 91.4 cm³/mol. The molecular weight excluding hydrogens is 320 g/mol. The second-order valence-electron chi connectivity index (χ2n) is 6.38. The van der Waals surface area contributed by atoms with Crippen molar-refractivity contribution < 1.29 is 14.7 Å². The Morgan fingerprint density at radius 2 is 2.04 bits per heavy atom. The van der Waals surface area contributed by atoms with Gasteiger partial charge >= 0.3 is 5.97 Å². The molecule has 0 saturated carbocycles. The maximum Gasteiger partial charge on any atom is 0.309 e. The monoisotopic (exact) mass is 342 g/mol. The summed E-state index contributed by atoms with van der Waals surface area (Å²) in [7, 11) is 0. The highest BCUT2D eigenvalue weighted by molar-refractivity contribution is 5.97. The van der Waals surface area contributed by atoms with Crippen LogP contribution in [0.3, 0.4) is 0 Å². The first-order chi connectivity index (χ1) is 11.9. The van der Waals surface area contributed by atoms with Crippen LogP contribution in [0.5, 0.6) is 0 Å². The van der Waals surface area contributed by atoms with Crippen LogP contribution in [-0.2, 0) is 11.3 Å². The van der Waals surface area contributed by atoms with Gasteiger partial charge in [-0.2, -0.15) is 5.10 Å². The lowest BCUT2D eigenvalue weighted by Gasteiger charge is -2.16. The highest BCUT2D eigenvalue weighted by Crippen LogP contribution is 2.33. The van der Waals surface area contributed by atoms with E-state index >= 15 is 0 Å². The lowest BCUT2D eigenvalue weighted by molar-refractivity contribution is -0.141. The van der Waals surface area contributed by atoms with Crippen LogP contribution in [0.2, 0.25) is 0 Å². The van der Waals surface area contributed by atoms with Crippen molar-refractivity contribution in [3.8, 4) is 0 Å². The number of rotatable bonds is 4. The molecule has 1 aliphatic rings. The number of likely N-dealkylation sites (tertiary alicyclic amines) is 1. The molecule has 1 aliphatic heterocycles. The van der Waals surface area contributed by atoms with Gasteiger partial charge in [0.2, 0.25) is 0 Å². The minimum atomic E-state index is -0.899. The van der Waals surface area contributed by atoms with Gasteiger partial charge in [0, 0.05) is 43.1 Å². The summed E-state index contributed by atoms with van der Waals surface area (Å²) in [5, 5.41) is 14.0. The highest BCUT2D eigenvalue weighted by Gasteiger charge is 2.42. The Balaban J connectivity index is 1.90. The Kier molecular flexibility index (Phi) is 4.57. The van der Waals surface area contributed by atoms with E-state index in [-0.39, 0.29) is 18.4 Å². The van der Waals surface area contributed by atoms with Crippen molar-refractivity contribution in [2.45, 2.75) is 33.2 Å². The van der Waals surface area contributed by atoms with Crippen molar-refractivity contribution in [2.75, 3.05) is 13.1 Å². The summed E-state index contributed by atoms with van der Waals surface area (Å²) < 4.78 is 1.80. The Labute approximate surface area is 146 Å². The van der Waals surface area contributed by atoms with Crippen LogP contribution in [0.25, 0.3) is 0 Å². The van der Waals surface area contributed by atoms with Crippen LogP contribution in [0.1, 0.15) is 40.3 Å². The molecule has 0 aliphatic carbocycles. The van der Waals surface area contributed by atoms with Gasteiger partial charge in [0.15, 0.2) is 0 Å². The lowest BCUT2D eigenvalue weighted by atomic mass is 9.93. The summed E-state index contributed by atoms with van der Waals surface area (Å²) in [6, 6.07) is 5.45. The van der Waals surface area contributed by atoms with Gasteiger partial charge in [-0.05, 0) is 32.9 Å². The van der Waals surface area contributed by atoms with Crippen molar-refractivity contribution in [3.63, 3.8) is 0 Å². The second-order valence-corrected chi connectivity index (χ2v) is 6.38. The maximum absolute atomic E-state index is 13.0. The van der Waals surface area contributed by atoms with Crippen molar-refractivity contribution in [1.82, 2.24) is 19.7 Å². The summed E-state index contributed by atoms with van der Waals surface area (Å²) in [5.74, 6) is -2.01. The third-order valence-electron chi connectivity index (χ3n) is 4.89. The number of hydrogen-bond donors (Lipinski definition) is 1. The van der Waals surface area contributed by atoms with Gasteiger partial charge in [0.1, 0.15) is 0 Å². The predicted octanol–water partition coefficient (Wildman–Crippen LogP) is 1.86. The van der Waals surface area contributed by atoms with Crippen molar-refractivity contribution in [1.29, 1.82) is 0 Å². The van der Waals surface area contributed by atoms with Crippen molar-refractivity contribution >= 4 is 11.9 Å². The van der Waals surface area contributed by atoms with Gasteiger partial charge < -0.3 is 10.0 Å². The number of pyridine rings is 1. The minimum absolute atomic E-state index is 0.153. The average molecular weight is 342 g/mol. The molecule has 7 nitrogen and oxygen atoms in total. The quantitative estimate of drug-likeness (QED) is 0.916. The van der Waals surface area contributed by atoms with E-state index in [9.17, 15) is 14.7 Å². The number of carboxylic acid groups (broad SMARTS) is 1. The second kappa shape index (κ2) is 6.66. The molecule has 0 aromatic carbocycles.